The maximum absolute atomic E-state index is 4.33. The second-order valence-electron chi connectivity index (χ2n) is 6.16. The zero-order chi connectivity index (χ0) is 18.2. The number of guanidine groups is 1. The number of anilines is 1. The van der Waals surface area contributed by atoms with Gasteiger partial charge < -0.3 is 15.5 Å². The van der Waals surface area contributed by atoms with Crippen LogP contribution in [0.1, 0.15) is 16.7 Å². The third kappa shape index (κ3) is 6.72. The van der Waals surface area contributed by atoms with Crippen molar-refractivity contribution in [1.29, 1.82) is 0 Å². The zero-order valence-corrected chi connectivity index (χ0v) is 19.3. The van der Waals surface area contributed by atoms with Crippen LogP contribution in [-0.4, -0.2) is 33.4 Å². The minimum absolute atomic E-state index is 0. The molecule has 0 unspecified atom stereocenters. The van der Waals surface area contributed by atoms with Crippen LogP contribution < -0.4 is 15.5 Å². The molecule has 0 amide bonds. The number of halogens is 1. The Balaban J connectivity index is 0.00000338. The Morgan fingerprint density at radius 2 is 1.81 bits per heavy atom. The van der Waals surface area contributed by atoms with Crippen LogP contribution in [0.5, 0.6) is 0 Å². The van der Waals surface area contributed by atoms with Crippen molar-refractivity contribution in [3.05, 3.63) is 59.2 Å². The van der Waals surface area contributed by atoms with Gasteiger partial charge in [-0.1, -0.05) is 24.3 Å². The summed E-state index contributed by atoms with van der Waals surface area (Å²) in [5, 5.41) is 6.79. The van der Waals surface area contributed by atoms with Crippen molar-refractivity contribution < 1.29 is 0 Å². The largest absolute Gasteiger partial charge is 0.378 e. The van der Waals surface area contributed by atoms with Crippen molar-refractivity contribution in [2.24, 2.45) is 4.99 Å². The summed E-state index contributed by atoms with van der Waals surface area (Å²) in [4.78, 5) is 7.74. The first-order valence-corrected chi connectivity index (χ1v) is 9.60. The molecule has 0 heterocycles. The Labute approximate surface area is 178 Å². The molecule has 2 aromatic carbocycles. The minimum Gasteiger partial charge on any atom is -0.378 e. The third-order valence-electron chi connectivity index (χ3n) is 4.00. The molecule has 0 atom stereocenters. The lowest BCUT2D eigenvalue weighted by atomic mass is 10.1. The second-order valence-corrected chi connectivity index (χ2v) is 7.01. The average molecular weight is 484 g/mol. The molecule has 0 saturated carbocycles. The fourth-order valence-electron chi connectivity index (χ4n) is 2.53. The van der Waals surface area contributed by atoms with Crippen molar-refractivity contribution in [3.63, 3.8) is 0 Å². The van der Waals surface area contributed by atoms with Crippen LogP contribution in [0.3, 0.4) is 0 Å². The van der Waals surface area contributed by atoms with Crippen molar-refractivity contribution in [3.8, 4) is 0 Å². The minimum atomic E-state index is 0. The summed E-state index contributed by atoms with van der Waals surface area (Å²) in [7, 11) is 5.91. The van der Waals surface area contributed by atoms with Gasteiger partial charge in [-0.15, -0.1) is 35.7 Å². The van der Waals surface area contributed by atoms with Crippen molar-refractivity contribution in [1.82, 2.24) is 10.6 Å². The van der Waals surface area contributed by atoms with E-state index in [-0.39, 0.29) is 24.0 Å². The third-order valence-corrected chi connectivity index (χ3v) is 4.82. The van der Waals surface area contributed by atoms with Gasteiger partial charge in [-0.05, 0) is 48.1 Å². The summed E-state index contributed by atoms with van der Waals surface area (Å²) < 4.78 is 0. The number of hydrogen-bond donors (Lipinski definition) is 2. The molecule has 0 bridgehead atoms. The number of benzene rings is 2. The molecule has 0 aliphatic rings. The van der Waals surface area contributed by atoms with Gasteiger partial charge in [0.1, 0.15) is 0 Å². The Morgan fingerprint density at radius 3 is 2.46 bits per heavy atom. The molecule has 2 aromatic rings. The number of aryl methyl sites for hydroxylation is 1. The topological polar surface area (TPSA) is 39.7 Å². The molecular weight excluding hydrogens is 455 g/mol. The fraction of sp³-hybridized carbons (Fsp3) is 0.350. The van der Waals surface area contributed by atoms with Gasteiger partial charge in [0.2, 0.25) is 0 Å². The monoisotopic (exact) mass is 484 g/mol. The summed E-state index contributed by atoms with van der Waals surface area (Å²) >= 11 is 1.78. The van der Waals surface area contributed by atoms with Crippen LogP contribution in [0.15, 0.2) is 52.4 Å². The van der Waals surface area contributed by atoms with Crippen LogP contribution in [0.4, 0.5) is 5.69 Å². The molecule has 0 aliphatic heterocycles. The number of rotatable bonds is 6. The van der Waals surface area contributed by atoms with Crippen molar-refractivity contribution in [2.75, 3.05) is 32.3 Å². The highest BCUT2D eigenvalue weighted by molar-refractivity contribution is 14.0. The van der Waals surface area contributed by atoms with E-state index in [2.05, 4.69) is 90.3 Å². The standard InChI is InChI=1S/C20H28N4S.HI/c1-15-9-10-17(19(11-15)25-5)14-23-20(21-2)22-13-16-7-6-8-18(12-16)24(3)4;/h6-12H,13-14H2,1-5H3,(H2,21,22,23);1H. The molecule has 6 heteroatoms. The van der Waals surface area contributed by atoms with Crippen LogP contribution in [-0.2, 0) is 13.1 Å². The number of aliphatic imine (C=N–C) groups is 1. The van der Waals surface area contributed by atoms with Gasteiger partial charge in [-0.3, -0.25) is 4.99 Å². The summed E-state index contributed by atoms with van der Waals surface area (Å²) in [6, 6.07) is 15.1. The highest BCUT2D eigenvalue weighted by Gasteiger charge is 2.04. The molecular formula is C20H29IN4S. The SMILES string of the molecule is CN=C(NCc1cccc(N(C)C)c1)NCc1ccc(C)cc1SC.I. The molecule has 4 nitrogen and oxygen atoms in total. The number of nitrogens with zero attached hydrogens (tertiary/aromatic N) is 2. The van der Waals surface area contributed by atoms with Crippen molar-refractivity contribution in [2.45, 2.75) is 24.9 Å². The molecule has 0 aromatic heterocycles. The maximum Gasteiger partial charge on any atom is 0.191 e. The molecule has 0 radical (unpaired) electrons. The predicted molar refractivity (Wildman–Crippen MR) is 126 cm³/mol. The van der Waals surface area contributed by atoms with Crippen LogP contribution in [0, 0.1) is 6.92 Å². The highest BCUT2D eigenvalue weighted by atomic mass is 127. The van der Waals surface area contributed by atoms with E-state index in [0.717, 1.165) is 19.0 Å². The van der Waals surface area contributed by atoms with Gasteiger partial charge in [0, 0.05) is 44.8 Å². The average Bonchev–Trinajstić information content (AvgIpc) is 2.62. The zero-order valence-electron chi connectivity index (χ0n) is 16.2. The number of hydrogen-bond acceptors (Lipinski definition) is 3. The number of thioether (sulfide) groups is 1. The quantitative estimate of drug-likeness (QED) is 0.278. The first kappa shape index (κ1) is 22.6. The smallest absolute Gasteiger partial charge is 0.191 e. The summed E-state index contributed by atoms with van der Waals surface area (Å²) in [6.07, 6.45) is 2.11. The highest BCUT2D eigenvalue weighted by Crippen LogP contribution is 2.21. The molecule has 0 saturated heterocycles. The van der Waals surface area contributed by atoms with E-state index in [1.807, 2.05) is 0 Å². The Bertz CT molecular complexity index is 732. The van der Waals surface area contributed by atoms with Gasteiger partial charge in [0.15, 0.2) is 5.96 Å². The Morgan fingerprint density at radius 1 is 1.08 bits per heavy atom. The lowest BCUT2D eigenvalue weighted by Gasteiger charge is -2.16. The van der Waals surface area contributed by atoms with Crippen LogP contribution in [0.25, 0.3) is 0 Å². The van der Waals surface area contributed by atoms with E-state index < -0.39 is 0 Å². The molecule has 0 aliphatic carbocycles. The lowest BCUT2D eigenvalue weighted by Crippen LogP contribution is -2.36. The van der Waals surface area contributed by atoms with Crippen molar-refractivity contribution >= 4 is 47.4 Å². The van der Waals surface area contributed by atoms with E-state index >= 15 is 0 Å². The molecule has 0 spiro atoms. The Hall–Kier alpha value is -1.41. The first-order valence-electron chi connectivity index (χ1n) is 8.37. The molecule has 26 heavy (non-hydrogen) atoms. The van der Waals surface area contributed by atoms with Gasteiger partial charge >= 0.3 is 0 Å². The molecule has 0 fully saturated rings. The predicted octanol–water partition coefficient (Wildman–Crippen LogP) is 4.27. The van der Waals surface area contributed by atoms with Crippen LogP contribution in [0.2, 0.25) is 0 Å². The lowest BCUT2D eigenvalue weighted by molar-refractivity contribution is 0.801. The van der Waals surface area contributed by atoms with E-state index in [1.54, 1.807) is 18.8 Å². The van der Waals surface area contributed by atoms with Gasteiger partial charge in [-0.25, -0.2) is 0 Å². The number of nitrogens with one attached hydrogen (secondary N) is 2. The fourth-order valence-corrected chi connectivity index (χ4v) is 3.23. The summed E-state index contributed by atoms with van der Waals surface area (Å²) in [5.74, 6) is 0.808. The molecule has 142 valence electrons. The van der Waals surface area contributed by atoms with Gasteiger partial charge in [-0.2, -0.15) is 0 Å². The van der Waals surface area contributed by atoms with Gasteiger partial charge in [0.05, 0.1) is 0 Å². The molecule has 2 rings (SSSR count). The van der Waals surface area contributed by atoms with Crippen LogP contribution >= 0.6 is 35.7 Å². The maximum atomic E-state index is 4.33. The second kappa shape index (κ2) is 11.3. The normalized spacial score (nSPS) is 10.9. The molecule has 2 N–H and O–H groups in total. The Kier molecular flexibility index (Phi) is 9.87. The van der Waals surface area contributed by atoms with E-state index in [1.165, 1.54) is 27.3 Å². The first-order chi connectivity index (χ1) is 12.0. The summed E-state index contributed by atoms with van der Waals surface area (Å²) in [5.41, 5.74) is 5.01. The van der Waals surface area contributed by atoms with E-state index in [0.29, 0.717) is 0 Å². The van der Waals surface area contributed by atoms with E-state index in [4.69, 9.17) is 0 Å². The van der Waals surface area contributed by atoms with E-state index in [9.17, 15) is 0 Å². The summed E-state index contributed by atoms with van der Waals surface area (Å²) in [6.45, 7) is 3.62. The van der Waals surface area contributed by atoms with Gasteiger partial charge in [0.25, 0.3) is 0 Å².